The topological polar surface area (TPSA) is 65.0 Å². The first kappa shape index (κ1) is 38.0. The minimum absolute atomic E-state index is 0.389. The van der Waals surface area contributed by atoms with Gasteiger partial charge in [-0.3, -0.25) is 0 Å². The van der Waals surface area contributed by atoms with Gasteiger partial charge in [0.05, 0.1) is 5.41 Å². The van der Waals surface area contributed by atoms with Crippen molar-refractivity contribution in [3.8, 4) is 78.7 Å². The molecule has 2 aliphatic carbocycles. The third-order valence-corrected chi connectivity index (χ3v) is 14.6. The van der Waals surface area contributed by atoms with E-state index in [0.717, 1.165) is 82.8 Å². The van der Waals surface area contributed by atoms with Crippen LogP contribution in [0.1, 0.15) is 22.3 Å². The maximum absolute atomic E-state index is 6.64. The minimum atomic E-state index is -0.389. The lowest BCUT2D eigenvalue weighted by Crippen LogP contribution is -2.25. The van der Waals surface area contributed by atoms with Crippen LogP contribution in [0.5, 0.6) is 0 Å². The van der Waals surface area contributed by atoms with Gasteiger partial charge in [0, 0.05) is 38.2 Å². The Morgan fingerprint density at radius 1 is 0.261 bits per heavy atom. The second-order valence-electron chi connectivity index (χ2n) is 18.2. The van der Waals surface area contributed by atoms with Crippen LogP contribution >= 0.6 is 0 Å². The molecule has 3 heterocycles. The van der Waals surface area contributed by atoms with Gasteiger partial charge in [-0.25, -0.2) is 15.0 Å². The molecule has 1 spiro atoms. The smallest absolute Gasteiger partial charge is 0.164 e. The maximum Gasteiger partial charge on any atom is 0.164 e. The molecule has 2 aliphatic rings. The van der Waals surface area contributed by atoms with Gasteiger partial charge in [-0.2, -0.15) is 0 Å². The van der Waals surface area contributed by atoms with Gasteiger partial charge in [0.2, 0.25) is 0 Å². The average molecular weight is 880 g/mol. The highest BCUT2D eigenvalue weighted by Crippen LogP contribution is 2.63. The van der Waals surface area contributed by atoms with Crippen molar-refractivity contribution < 1.29 is 8.83 Å². The van der Waals surface area contributed by atoms with Crippen LogP contribution < -0.4 is 0 Å². The summed E-state index contributed by atoms with van der Waals surface area (Å²) in [5, 5.41) is 4.07. The third-order valence-electron chi connectivity index (χ3n) is 14.6. The molecule has 3 aromatic heterocycles. The molecule has 0 aliphatic heterocycles. The van der Waals surface area contributed by atoms with Crippen LogP contribution in [0.15, 0.2) is 233 Å². The van der Waals surface area contributed by atoms with Gasteiger partial charge in [0.15, 0.2) is 17.5 Å². The Bertz CT molecular complexity index is 4230. The molecule has 0 saturated carbocycles. The van der Waals surface area contributed by atoms with E-state index in [1.54, 1.807) is 0 Å². The van der Waals surface area contributed by atoms with E-state index < -0.39 is 0 Å². The van der Waals surface area contributed by atoms with E-state index in [-0.39, 0.29) is 5.41 Å². The monoisotopic (exact) mass is 879 g/mol. The minimum Gasteiger partial charge on any atom is -0.456 e. The molecule has 0 saturated heterocycles. The molecule has 13 aromatic rings. The lowest BCUT2D eigenvalue weighted by atomic mass is 9.70. The second kappa shape index (κ2) is 14.4. The van der Waals surface area contributed by atoms with Crippen LogP contribution in [0.25, 0.3) is 123 Å². The van der Waals surface area contributed by atoms with E-state index in [9.17, 15) is 0 Å². The fourth-order valence-electron chi connectivity index (χ4n) is 11.6. The van der Waals surface area contributed by atoms with Gasteiger partial charge >= 0.3 is 0 Å². The van der Waals surface area contributed by atoms with E-state index in [0.29, 0.717) is 17.5 Å². The zero-order chi connectivity index (χ0) is 45.2. The quantitative estimate of drug-likeness (QED) is 0.172. The van der Waals surface area contributed by atoms with Crippen LogP contribution in [-0.4, -0.2) is 15.0 Å². The van der Waals surface area contributed by atoms with Crippen molar-refractivity contribution in [2.75, 3.05) is 0 Å². The largest absolute Gasteiger partial charge is 0.456 e. The Kier molecular flexibility index (Phi) is 7.93. The summed E-state index contributed by atoms with van der Waals surface area (Å²) >= 11 is 0. The summed E-state index contributed by atoms with van der Waals surface area (Å²) in [5.74, 6) is 1.68. The molecule has 10 aromatic carbocycles. The fourth-order valence-corrected chi connectivity index (χ4v) is 11.6. The Morgan fingerprint density at radius 3 is 1.54 bits per heavy atom. The van der Waals surface area contributed by atoms with Crippen LogP contribution in [0.3, 0.4) is 0 Å². The maximum atomic E-state index is 6.64. The van der Waals surface area contributed by atoms with E-state index in [2.05, 4.69) is 182 Å². The van der Waals surface area contributed by atoms with Crippen molar-refractivity contribution in [3.63, 3.8) is 0 Å². The first-order valence-electron chi connectivity index (χ1n) is 23.4. The van der Waals surface area contributed by atoms with Crippen molar-refractivity contribution in [3.05, 3.63) is 247 Å². The summed E-state index contributed by atoms with van der Waals surface area (Å²) in [4.78, 5) is 15.8. The van der Waals surface area contributed by atoms with Crippen LogP contribution in [0, 0.1) is 0 Å². The van der Waals surface area contributed by atoms with Crippen molar-refractivity contribution in [1.29, 1.82) is 0 Å². The SMILES string of the molecule is c1ccc(-c2cccc(-c3nc(-c4ccc5c(c4)oc4ccccc45)nc(-c4cccc5oc6ccc(-c7ccc8c(c7)-c7ccccc7C87c8ccccc8-c8ccccc87)cc6c45)n3)c2)cc1. The number of hydrogen-bond donors (Lipinski definition) is 0. The average Bonchev–Trinajstić information content (AvgIpc) is 4.16. The number of aromatic nitrogens is 3. The summed E-state index contributed by atoms with van der Waals surface area (Å²) in [6.45, 7) is 0. The molecule has 0 radical (unpaired) electrons. The predicted molar refractivity (Wildman–Crippen MR) is 278 cm³/mol. The Hall–Kier alpha value is -9.19. The Labute approximate surface area is 396 Å². The van der Waals surface area contributed by atoms with Gasteiger partial charge in [-0.1, -0.05) is 176 Å². The molecular weight excluding hydrogens is 843 g/mol. The van der Waals surface area contributed by atoms with Gasteiger partial charge in [0.25, 0.3) is 0 Å². The summed E-state index contributed by atoms with van der Waals surface area (Å²) < 4.78 is 13.0. The van der Waals surface area contributed by atoms with E-state index in [1.807, 2.05) is 42.5 Å². The number of rotatable bonds is 5. The summed E-state index contributed by atoms with van der Waals surface area (Å²) in [6, 6.07) is 79.8. The first-order chi connectivity index (χ1) is 34.2. The van der Waals surface area contributed by atoms with E-state index in [4.69, 9.17) is 23.8 Å². The fraction of sp³-hybridized carbons (Fsp3) is 0.0156. The van der Waals surface area contributed by atoms with Crippen molar-refractivity contribution in [2.45, 2.75) is 5.41 Å². The number of para-hydroxylation sites is 1. The van der Waals surface area contributed by atoms with Crippen LogP contribution in [-0.2, 0) is 5.41 Å². The molecule has 320 valence electrons. The zero-order valence-corrected chi connectivity index (χ0v) is 37.0. The normalized spacial score (nSPS) is 13.0. The van der Waals surface area contributed by atoms with Crippen LogP contribution in [0.4, 0.5) is 0 Å². The molecule has 69 heavy (non-hydrogen) atoms. The molecule has 0 fully saturated rings. The molecule has 0 unspecified atom stereocenters. The molecule has 0 atom stereocenters. The van der Waals surface area contributed by atoms with Crippen molar-refractivity contribution in [2.24, 2.45) is 0 Å². The molecule has 15 rings (SSSR count). The van der Waals surface area contributed by atoms with Gasteiger partial charge in [-0.05, 0) is 115 Å². The van der Waals surface area contributed by atoms with Gasteiger partial charge < -0.3 is 8.83 Å². The molecule has 5 nitrogen and oxygen atoms in total. The molecular formula is C64H37N3O2. The summed E-state index contributed by atoms with van der Waals surface area (Å²) in [6.07, 6.45) is 0. The summed E-state index contributed by atoms with van der Waals surface area (Å²) in [5.41, 5.74) is 20.3. The standard InChI is InChI=1S/C64H37N3O2/c1-2-14-38(15-3-1)39-16-12-17-42(34-39)61-65-62(43-28-31-48-47-21-7-11-26-56(47)69-59(48)37-43)67-63(66-61)49-22-13-27-58-60(49)51-36-41(30-33-57(51)68-58)40-29-32-55-50(35-40)46-20-6-10-25-54(46)64(55)52-23-8-4-18-44(52)45-19-5-9-24-53(45)64/h1-37H. The number of hydrogen-bond acceptors (Lipinski definition) is 5. The van der Waals surface area contributed by atoms with E-state index >= 15 is 0 Å². The Morgan fingerprint density at radius 2 is 0.754 bits per heavy atom. The number of nitrogens with zero attached hydrogens (tertiary/aromatic N) is 3. The van der Waals surface area contributed by atoms with Crippen LogP contribution in [0.2, 0.25) is 0 Å². The first-order valence-corrected chi connectivity index (χ1v) is 23.4. The van der Waals surface area contributed by atoms with Crippen molar-refractivity contribution in [1.82, 2.24) is 15.0 Å². The summed E-state index contributed by atoms with van der Waals surface area (Å²) in [7, 11) is 0. The van der Waals surface area contributed by atoms with Gasteiger partial charge in [0.1, 0.15) is 22.3 Å². The van der Waals surface area contributed by atoms with E-state index in [1.165, 1.54) is 44.5 Å². The van der Waals surface area contributed by atoms with Crippen molar-refractivity contribution >= 4 is 43.9 Å². The highest BCUT2D eigenvalue weighted by Gasteiger charge is 2.51. The molecule has 0 amide bonds. The number of fused-ring (bicyclic) bond motifs is 16. The molecule has 5 heteroatoms. The highest BCUT2D eigenvalue weighted by atomic mass is 16.3. The number of furan rings is 2. The number of benzene rings is 10. The lowest BCUT2D eigenvalue weighted by Gasteiger charge is -2.30. The zero-order valence-electron chi connectivity index (χ0n) is 37.0. The molecule has 0 bridgehead atoms. The second-order valence-corrected chi connectivity index (χ2v) is 18.2. The third kappa shape index (κ3) is 5.50. The predicted octanol–water partition coefficient (Wildman–Crippen LogP) is 16.3. The highest BCUT2D eigenvalue weighted by molar-refractivity contribution is 6.13. The Balaban J connectivity index is 0.903. The molecule has 0 N–H and O–H groups in total. The lowest BCUT2D eigenvalue weighted by molar-refractivity contribution is 0.668. The van der Waals surface area contributed by atoms with Gasteiger partial charge in [-0.15, -0.1) is 0 Å².